The van der Waals surface area contributed by atoms with Crippen molar-refractivity contribution >= 4 is 5.91 Å². The number of hydrogen-bond donors (Lipinski definition) is 1. The van der Waals surface area contributed by atoms with Crippen LogP contribution in [0.25, 0.3) is 5.69 Å². The van der Waals surface area contributed by atoms with E-state index in [1.54, 1.807) is 4.68 Å². The fourth-order valence-electron chi connectivity index (χ4n) is 3.85. The molecule has 1 aromatic carbocycles. The summed E-state index contributed by atoms with van der Waals surface area (Å²) >= 11 is 0. The first-order chi connectivity index (χ1) is 12.8. The molecule has 1 unspecified atom stereocenters. The number of benzene rings is 1. The fourth-order valence-corrected chi connectivity index (χ4v) is 3.85. The normalized spacial score (nSPS) is 18.8. The van der Waals surface area contributed by atoms with Gasteiger partial charge in [-0.2, -0.15) is 5.10 Å². The molecule has 1 aromatic heterocycles. The molecule has 1 aliphatic carbocycles. The molecule has 2 aromatic rings. The van der Waals surface area contributed by atoms with Crippen molar-refractivity contribution in [2.45, 2.75) is 51.0 Å². The van der Waals surface area contributed by atoms with E-state index < -0.39 is 0 Å². The molecule has 138 valence electrons. The van der Waals surface area contributed by atoms with Gasteiger partial charge in [0.2, 0.25) is 0 Å². The fraction of sp³-hybridized carbons (Fsp3) is 0.524. The minimum Gasteiger partial charge on any atom is -0.349 e. The topological polar surface area (TPSA) is 50.2 Å². The van der Waals surface area contributed by atoms with Gasteiger partial charge in [0, 0.05) is 18.5 Å². The van der Waals surface area contributed by atoms with Gasteiger partial charge >= 0.3 is 0 Å². The molecule has 1 saturated heterocycles. The average molecular weight is 352 g/mol. The molecule has 1 aliphatic heterocycles. The molecule has 4 rings (SSSR count). The van der Waals surface area contributed by atoms with Crippen LogP contribution in [0, 0.1) is 0 Å². The van der Waals surface area contributed by atoms with Crippen molar-refractivity contribution in [2.75, 3.05) is 19.6 Å². The summed E-state index contributed by atoms with van der Waals surface area (Å²) in [6.45, 7) is 5.22. The summed E-state index contributed by atoms with van der Waals surface area (Å²) in [7, 11) is 0. The van der Waals surface area contributed by atoms with Crippen molar-refractivity contribution in [2.24, 2.45) is 0 Å². The van der Waals surface area contributed by atoms with Gasteiger partial charge in [0.15, 0.2) is 0 Å². The van der Waals surface area contributed by atoms with Gasteiger partial charge in [-0.05, 0) is 63.4 Å². The number of nitrogens with zero attached hydrogens (tertiary/aromatic N) is 3. The van der Waals surface area contributed by atoms with Gasteiger partial charge in [-0.1, -0.05) is 25.1 Å². The Kier molecular flexibility index (Phi) is 5.07. The van der Waals surface area contributed by atoms with Gasteiger partial charge in [0.1, 0.15) is 5.69 Å². The second kappa shape index (κ2) is 7.62. The number of nitrogens with one attached hydrogen (secondary N) is 1. The quantitative estimate of drug-likeness (QED) is 0.831. The molecular weight excluding hydrogens is 324 g/mol. The number of carbonyl (C=O) groups is 1. The third-order valence-corrected chi connectivity index (χ3v) is 5.58. The van der Waals surface area contributed by atoms with Crippen LogP contribution in [0.5, 0.6) is 0 Å². The predicted molar refractivity (Wildman–Crippen MR) is 103 cm³/mol. The highest BCUT2D eigenvalue weighted by Gasteiger charge is 2.29. The van der Waals surface area contributed by atoms with E-state index in [9.17, 15) is 4.79 Å². The third kappa shape index (κ3) is 3.68. The van der Waals surface area contributed by atoms with Crippen molar-refractivity contribution in [3.05, 3.63) is 47.8 Å². The van der Waals surface area contributed by atoms with Gasteiger partial charge in [-0.15, -0.1) is 0 Å². The van der Waals surface area contributed by atoms with E-state index in [1.165, 1.54) is 25.7 Å². The number of hydrogen-bond acceptors (Lipinski definition) is 3. The van der Waals surface area contributed by atoms with Gasteiger partial charge < -0.3 is 5.32 Å². The third-order valence-electron chi connectivity index (χ3n) is 5.58. The summed E-state index contributed by atoms with van der Waals surface area (Å²) in [6.07, 6.45) is 5.97. The Hall–Kier alpha value is -2.14. The lowest BCUT2D eigenvalue weighted by molar-refractivity contribution is 0.0929. The first-order valence-corrected chi connectivity index (χ1v) is 9.94. The van der Waals surface area contributed by atoms with E-state index in [1.807, 2.05) is 36.4 Å². The molecule has 1 N–H and O–H groups in total. The van der Waals surface area contributed by atoms with Gasteiger partial charge in [-0.3, -0.25) is 9.69 Å². The van der Waals surface area contributed by atoms with Crippen molar-refractivity contribution < 1.29 is 4.79 Å². The Bertz CT molecular complexity index is 745. The van der Waals surface area contributed by atoms with E-state index in [0.29, 0.717) is 24.2 Å². The molecule has 0 radical (unpaired) electrons. The van der Waals surface area contributed by atoms with Crippen LogP contribution in [0.3, 0.4) is 0 Å². The SMILES string of the molecule is CCC(CNC(=O)c1cc(C2CC2)nn1-c1ccccc1)N1CCCC1. The average Bonchev–Trinajstić information content (AvgIpc) is 3.20. The molecule has 1 saturated carbocycles. The summed E-state index contributed by atoms with van der Waals surface area (Å²) in [5.74, 6) is 0.505. The maximum absolute atomic E-state index is 12.9. The number of likely N-dealkylation sites (tertiary alicyclic amines) is 1. The van der Waals surface area contributed by atoms with Crippen molar-refractivity contribution in [3.8, 4) is 5.69 Å². The van der Waals surface area contributed by atoms with Crippen LogP contribution >= 0.6 is 0 Å². The molecule has 1 atom stereocenters. The smallest absolute Gasteiger partial charge is 0.270 e. The van der Waals surface area contributed by atoms with Gasteiger partial charge in [0.05, 0.1) is 11.4 Å². The highest BCUT2D eigenvalue weighted by Crippen LogP contribution is 2.39. The molecule has 5 nitrogen and oxygen atoms in total. The van der Waals surface area contributed by atoms with Crippen LogP contribution in [0.15, 0.2) is 36.4 Å². The number of rotatable bonds is 7. The van der Waals surface area contributed by atoms with Crippen LogP contribution < -0.4 is 5.32 Å². The zero-order valence-electron chi connectivity index (χ0n) is 15.5. The van der Waals surface area contributed by atoms with E-state index in [0.717, 1.165) is 30.9 Å². The Balaban J connectivity index is 1.51. The summed E-state index contributed by atoms with van der Waals surface area (Å²) in [6, 6.07) is 12.4. The molecule has 1 amide bonds. The molecule has 0 spiro atoms. The second-order valence-electron chi connectivity index (χ2n) is 7.49. The zero-order valence-corrected chi connectivity index (χ0v) is 15.5. The second-order valence-corrected chi connectivity index (χ2v) is 7.49. The number of amides is 1. The van der Waals surface area contributed by atoms with Crippen LogP contribution in [-0.4, -0.2) is 46.3 Å². The van der Waals surface area contributed by atoms with Crippen LogP contribution in [0.1, 0.15) is 61.1 Å². The molecule has 2 heterocycles. The van der Waals surface area contributed by atoms with Crippen molar-refractivity contribution in [1.82, 2.24) is 20.0 Å². The van der Waals surface area contributed by atoms with Crippen molar-refractivity contribution in [3.63, 3.8) is 0 Å². The van der Waals surface area contributed by atoms with Gasteiger partial charge in [0.25, 0.3) is 5.91 Å². The molecule has 2 aliphatic rings. The highest BCUT2D eigenvalue weighted by molar-refractivity contribution is 5.93. The molecule has 0 bridgehead atoms. The summed E-state index contributed by atoms with van der Waals surface area (Å²) in [5.41, 5.74) is 2.64. The lowest BCUT2D eigenvalue weighted by Crippen LogP contribution is -2.42. The number of para-hydroxylation sites is 1. The standard InChI is InChI=1S/C21H28N4O/c1-2-17(24-12-6-7-13-24)15-22-21(26)20-14-19(16-10-11-16)23-25(20)18-8-4-3-5-9-18/h3-5,8-9,14,16-17H,2,6-7,10-13,15H2,1H3,(H,22,26). The van der Waals surface area contributed by atoms with Crippen LogP contribution in [0.2, 0.25) is 0 Å². The first kappa shape index (κ1) is 17.3. The zero-order chi connectivity index (χ0) is 17.9. The molecular formula is C21H28N4O. The largest absolute Gasteiger partial charge is 0.349 e. The predicted octanol–water partition coefficient (Wildman–Crippen LogP) is 3.35. The summed E-state index contributed by atoms with van der Waals surface area (Å²) in [5, 5.41) is 7.90. The van der Waals surface area contributed by atoms with Crippen LogP contribution in [0.4, 0.5) is 0 Å². The maximum atomic E-state index is 12.9. The van der Waals surface area contributed by atoms with E-state index >= 15 is 0 Å². The molecule has 5 heteroatoms. The monoisotopic (exact) mass is 352 g/mol. The van der Waals surface area contributed by atoms with Gasteiger partial charge in [-0.25, -0.2) is 4.68 Å². The maximum Gasteiger partial charge on any atom is 0.270 e. The minimum absolute atomic E-state index is 0.0223. The lowest BCUT2D eigenvalue weighted by atomic mass is 10.2. The number of carbonyl (C=O) groups excluding carboxylic acids is 1. The Morgan fingerprint density at radius 1 is 1.23 bits per heavy atom. The molecule has 2 fully saturated rings. The Labute approximate surface area is 155 Å². The number of aromatic nitrogens is 2. The van der Waals surface area contributed by atoms with Crippen LogP contribution in [-0.2, 0) is 0 Å². The Morgan fingerprint density at radius 2 is 1.96 bits per heavy atom. The molecule has 26 heavy (non-hydrogen) atoms. The first-order valence-electron chi connectivity index (χ1n) is 9.94. The van der Waals surface area contributed by atoms with E-state index in [-0.39, 0.29) is 5.91 Å². The highest BCUT2D eigenvalue weighted by atomic mass is 16.2. The summed E-state index contributed by atoms with van der Waals surface area (Å²) in [4.78, 5) is 15.4. The lowest BCUT2D eigenvalue weighted by Gasteiger charge is -2.26. The summed E-state index contributed by atoms with van der Waals surface area (Å²) < 4.78 is 1.81. The van der Waals surface area contributed by atoms with E-state index in [4.69, 9.17) is 5.10 Å². The minimum atomic E-state index is -0.0223. The van der Waals surface area contributed by atoms with E-state index in [2.05, 4.69) is 17.1 Å². The van der Waals surface area contributed by atoms with Crippen molar-refractivity contribution in [1.29, 1.82) is 0 Å². The Morgan fingerprint density at radius 3 is 2.62 bits per heavy atom.